The monoisotopic (exact) mass is 349 g/mol. The van der Waals surface area contributed by atoms with Gasteiger partial charge in [0.25, 0.3) is 0 Å². The molecule has 1 aliphatic carbocycles. The van der Waals surface area contributed by atoms with Crippen LogP contribution in [0.25, 0.3) is 0 Å². The van der Waals surface area contributed by atoms with E-state index >= 15 is 0 Å². The lowest BCUT2D eigenvalue weighted by Gasteiger charge is -2.35. The molecule has 0 unspecified atom stereocenters. The van der Waals surface area contributed by atoms with Crippen LogP contribution in [0.1, 0.15) is 30.0 Å². The number of aryl methyl sites for hydroxylation is 1. The molecule has 5 nitrogen and oxygen atoms in total. The van der Waals surface area contributed by atoms with Gasteiger partial charge in [0.1, 0.15) is 6.54 Å². The predicted octanol–water partition coefficient (Wildman–Crippen LogP) is 2.98. The van der Waals surface area contributed by atoms with Gasteiger partial charge in [-0.2, -0.15) is 0 Å². The van der Waals surface area contributed by atoms with Crippen LogP contribution >= 0.6 is 0 Å². The number of benzene rings is 2. The first kappa shape index (κ1) is 16.8. The van der Waals surface area contributed by atoms with E-state index in [0.29, 0.717) is 12.2 Å². The van der Waals surface area contributed by atoms with Crippen molar-refractivity contribution in [1.82, 2.24) is 4.90 Å². The van der Waals surface area contributed by atoms with Gasteiger partial charge in [-0.05, 0) is 49.6 Å². The Morgan fingerprint density at radius 1 is 1.19 bits per heavy atom. The number of para-hydroxylation sites is 2. The standard InChI is InChI=1S/C21H23N3O2/c1-23(18-12-6-8-15-7-2-3-9-16(15)18)14-21(26)24-13-20(25)22-17-10-4-5-11-19(17)24/h2-5,7,9-11,18H,6,8,12-14H2,1H3,(H,22,25)/t18-/m1/s1. The smallest absolute Gasteiger partial charge is 0.244 e. The fourth-order valence-electron chi connectivity index (χ4n) is 4.05. The topological polar surface area (TPSA) is 52.7 Å². The number of nitrogens with zero attached hydrogens (tertiary/aromatic N) is 2. The maximum absolute atomic E-state index is 13.0. The van der Waals surface area contributed by atoms with Gasteiger partial charge in [-0.15, -0.1) is 0 Å². The lowest BCUT2D eigenvalue weighted by atomic mass is 9.87. The third kappa shape index (κ3) is 3.10. The van der Waals surface area contributed by atoms with Crippen LogP contribution < -0.4 is 10.2 Å². The average molecular weight is 349 g/mol. The number of amides is 2. The molecule has 1 N–H and O–H groups in total. The number of carbonyl (C=O) groups is 2. The Bertz CT molecular complexity index is 849. The van der Waals surface area contributed by atoms with Crippen LogP contribution in [0.15, 0.2) is 48.5 Å². The first-order valence-electron chi connectivity index (χ1n) is 9.11. The fourth-order valence-corrected chi connectivity index (χ4v) is 4.05. The largest absolute Gasteiger partial charge is 0.323 e. The summed E-state index contributed by atoms with van der Waals surface area (Å²) in [6.07, 6.45) is 3.29. The Hall–Kier alpha value is -2.66. The van der Waals surface area contributed by atoms with Crippen molar-refractivity contribution in [1.29, 1.82) is 0 Å². The van der Waals surface area contributed by atoms with Gasteiger partial charge in [-0.3, -0.25) is 19.4 Å². The number of fused-ring (bicyclic) bond motifs is 2. The van der Waals surface area contributed by atoms with Gasteiger partial charge >= 0.3 is 0 Å². The lowest BCUT2D eigenvalue weighted by Crippen LogP contribution is -2.46. The van der Waals surface area contributed by atoms with Crippen molar-refractivity contribution in [3.63, 3.8) is 0 Å². The van der Waals surface area contributed by atoms with Gasteiger partial charge < -0.3 is 5.32 Å². The van der Waals surface area contributed by atoms with E-state index < -0.39 is 0 Å². The Morgan fingerprint density at radius 2 is 1.96 bits per heavy atom. The van der Waals surface area contributed by atoms with Gasteiger partial charge in [0.05, 0.1) is 17.9 Å². The predicted molar refractivity (Wildman–Crippen MR) is 102 cm³/mol. The van der Waals surface area contributed by atoms with E-state index in [-0.39, 0.29) is 24.4 Å². The minimum absolute atomic E-state index is 0.0437. The summed E-state index contributed by atoms with van der Waals surface area (Å²) >= 11 is 0. The van der Waals surface area contributed by atoms with Crippen LogP contribution in [0.2, 0.25) is 0 Å². The number of likely N-dealkylation sites (N-methyl/N-ethyl adjacent to an activating group) is 1. The maximum atomic E-state index is 13.0. The van der Waals surface area contributed by atoms with E-state index in [4.69, 9.17) is 0 Å². The summed E-state index contributed by atoms with van der Waals surface area (Å²) in [6.45, 7) is 0.367. The molecule has 0 aromatic heterocycles. The average Bonchev–Trinajstić information content (AvgIpc) is 2.66. The summed E-state index contributed by atoms with van der Waals surface area (Å²) in [5, 5.41) is 2.83. The Morgan fingerprint density at radius 3 is 2.85 bits per heavy atom. The summed E-state index contributed by atoms with van der Waals surface area (Å²) in [4.78, 5) is 28.7. The number of rotatable bonds is 3. The molecule has 1 heterocycles. The normalized spacial score (nSPS) is 18.9. The Balaban J connectivity index is 1.53. The zero-order chi connectivity index (χ0) is 18.1. The van der Waals surface area contributed by atoms with Gasteiger partial charge in [0, 0.05) is 6.04 Å². The number of hydrogen-bond donors (Lipinski definition) is 1. The molecule has 1 atom stereocenters. The van der Waals surface area contributed by atoms with Gasteiger partial charge in [-0.25, -0.2) is 0 Å². The summed E-state index contributed by atoms with van der Waals surface area (Å²) in [6, 6.07) is 16.2. The highest BCUT2D eigenvalue weighted by Crippen LogP contribution is 2.34. The maximum Gasteiger partial charge on any atom is 0.244 e. The minimum Gasteiger partial charge on any atom is -0.323 e. The first-order chi connectivity index (χ1) is 12.6. The van der Waals surface area contributed by atoms with Gasteiger partial charge in [0.2, 0.25) is 11.8 Å². The summed E-state index contributed by atoms with van der Waals surface area (Å²) < 4.78 is 0. The number of hydrogen-bond acceptors (Lipinski definition) is 3. The van der Waals surface area contributed by atoms with Crippen LogP contribution in [0, 0.1) is 0 Å². The lowest BCUT2D eigenvalue weighted by molar-refractivity contribution is -0.122. The fraction of sp³-hybridized carbons (Fsp3) is 0.333. The molecule has 0 saturated heterocycles. The highest BCUT2D eigenvalue weighted by Gasteiger charge is 2.30. The van der Waals surface area contributed by atoms with Crippen LogP contribution in [0.4, 0.5) is 11.4 Å². The SMILES string of the molecule is CN(CC(=O)N1CC(=O)Nc2ccccc21)[C@@H]1CCCc2ccccc21. The molecular formula is C21H23N3O2. The Labute approximate surface area is 153 Å². The molecule has 0 spiro atoms. The zero-order valence-corrected chi connectivity index (χ0v) is 14.9. The minimum atomic E-state index is -0.150. The van der Waals surface area contributed by atoms with Crippen molar-refractivity contribution < 1.29 is 9.59 Å². The van der Waals surface area contributed by atoms with E-state index in [1.54, 1.807) is 4.90 Å². The molecular weight excluding hydrogens is 326 g/mol. The van der Waals surface area contributed by atoms with Crippen molar-refractivity contribution in [2.75, 3.05) is 30.4 Å². The highest BCUT2D eigenvalue weighted by molar-refractivity contribution is 6.10. The van der Waals surface area contributed by atoms with Crippen LogP contribution in [-0.2, 0) is 16.0 Å². The van der Waals surface area contributed by atoms with Crippen LogP contribution in [0.3, 0.4) is 0 Å². The van der Waals surface area contributed by atoms with Gasteiger partial charge in [0.15, 0.2) is 0 Å². The first-order valence-corrected chi connectivity index (χ1v) is 9.11. The second-order valence-corrected chi connectivity index (χ2v) is 7.07. The van der Waals surface area contributed by atoms with Crippen molar-refractivity contribution in [2.24, 2.45) is 0 Å². The molecule has 0 fully saturated rings. The molecule has 2 aliphatic rings. The molecule has 1 aliphatic heterocycles. The van der Waals surface area contributed by atoms with E-state index in [2.05, 4.69) is 34.5 Å². The quantitative estimate of drug-likeness (QED) is 0.927. The van der Waals surface area contributed by atoms with E-state index in [1.807, 2.05) is 31.3 Å². The summed E-state index contributed by atoms with van der Waals surface area (Å²) in [5.41, 5.74) is 4.17. The molecule has 0 bridgehead atoms. The van der Waals surface area contributed by atoms with Gasteiger partial charge in [-0.1, -0.05) is 36.4 Å². The van der Waals surface area contributed by atoms with Crippen molar-refractivity contribution in [3.8, 4) is 0 Å². The molecule has 26 heavy (non-hydrogen) atoms. The second-order valence-electron chi connectivity index (χ2n) is 7.07. The second kappa shape index (κ2) is 6.92. The van der Waals surface area contributed by atoms with Crippen molar-refractivity contribution in [2.45, 2.75) is 25.3 Å². The van der Waals surface area contributed by atoms with E-state index in [1.165, 1.54) is 11.1 Å². The molecule has 0 radical (unpaired) electrons. The molecule has 2 aromatic rings. The molecule has 2 aromatic carbocycles. The summed E-state index contributed by atoms with van der Waals surface area (Å²) in [7, 11) is 2.00. The van der Waals surface area contributed by atoms with Crippen LogP contribution in [-0.4, -0.2) is 36.9 Å². The van der Waals surface area contributed by atoms with Crippen LogP contribution in [0.5, 0.6) is 0 Å². The summed E-state index contributed by atoms with van der Waals surface area (Å²) in [5.74, 6) is -0.194. The number of carbonyl (C=O) groups excluding carboxylic acids is 2. The van der Waals surface area contributed by atoms with Crippen molar-refractivity contribution in [3.05, 3.63) is 59.7 Å². The molecule has 5 heteroatoms. The van der Waals surface area contributed by atoms with E-state index in [0.717, 1.165) is 24.9 Å². The molecule has 134 valence electrons. The zero-order valence-electron chi connectivity index (χ0n) is 14.9. The molecule has 2 amide bonds. The van der Waals surface area contributed by atoms with E-state index in [9.17, 15) is 9.59 Å². The number of nitrogens with one attached hydrogen (secondary N) is 1. The molecule has 0 saturated carbocycles. The number of anilines is 2. The molecule has 4 rings (SSSR count). The van der Waals surface area contributed by atoms with Crippen molar-refractivity contribution >= 4 is 23.2 Å². The third-order valence-corrected chi connectivity index (χ3v) is 5.33. The highest BCUT2D eigenvalue weighted by atomic mass is 16.2. The third-order valence-electron chi connectivity index (χ3n) is 5.33. The Kier molecular flexibility index (Phi) is 4.47.